The molecule has 1 aromatic heterocycles. The second-order valence-electron chi connectivity index (χ2n) is 8.63. The Morgan fingerprint density at radius 2 is 1.62 bits per heavy atom. The molecular formula is C23H27N3O2S. The molecule has 0 spiro atoms. The van der Waals surface area contributed by atoms with E-state index in [4.69, 9.17) is 5.10 Å². The van der Waals surface area contributed by atoms with Crippen LogP contribution in [0, 0.1) is 0 Å². The number of fused-ring (bicyclic) bond motifs is 1. The molecule has 29 heavy (non-hydrogen) atoms. The van der Waals surface area contributed by atoms with Crippen LogP contribution in [-0.4, -0.2) is 29.0 Å². The summed E-state index contributed by atoms with van der Waals surface area (Å²) in [5, 5.41) is 4.69. The first kappa shape index (κ1) is 19.9. The predicted molar refractivity (Wildman–Crippen MR) is 114 cm³/mol. The Bertz CT molecular complexity index is 1110. The van der Waals surface area contributed by atoms with Gasteiger partial charge in [-0.25, -0.2) is 8.42 Å². The van der Waals surface area contributed by atoms with Crippen LogP contribution in [0.5, 0.6) is 0 Å². The van der Waals surface area contributed by atoms with E-state index in [1.807, 2.05) is 69.3 Å². The minimum absolute atomic E-state index is 0.320. The Labute approximate surface area is 173 Å². The maximum absolute atomic E-state index is 13.6. The van der Waals surface area contributed by atoms with E-state index in [2.05, 4.69) is 6.07 Å². The van der Waals surface area contributed by atoms with Crippen LogP contribution in [0.1, 0.15) is 43.2 Å². The molecule has 5 nitrogen and oxygen atoms in total. The molecule has 152 valence electrons. The van der Waals surface area contributed by atoms with Gasteiger partial charge in [-0.15, -0.1) is 0 Å². The van der Waals surface area contributed by atoms with Gasteiger partial charge in [-0.05, 0) is 23.1 Å². The van der Waals surface area contributed by atoms with Crippen molar-refractivity contribution < 1.29 is 8.42 Å². The minimum atomic E-state index is -3.64. The summed E-state index contributed by atoms with van der Waals surface area (Å²) in [5.41, 5.74) is 3.64. The number of nitrogens with zero attached hydrogens (tertiary/aromatic N) is 3. The van der Waals surface area contributed by atoms with Gasteiger partial charge >= 0.3 is 0 Å². The molecule has 0 saturated heterocycles. The largest absolute Gasteiger partial charge is 0.267 e. The maximum Gasteiger partial charge on any atom is 0.246 e. The van der Waals surface area contributed by atoms with Gasteiger partial charge in [-0.2, -0.15) is 9.40 Å². The van der Waals surface area contributed by atoms with Gasteiger partial charge in [0.2, 0.25) is 10.0 Å². The lowest BCUT2D eigenvalue weighted by molar-refractivity contribution is 0.389. The van der Waals surface area contributed by atoms with Crippen LogP contribution in [0.25, 0.3) is 0 Å². The van der Waals surface area contributed by atoms with E-state index in [1.54, 1.807) is 15.2 Å². The first-order valence-electron chi connectivity index (χ1n) is 9.94. The van der Waals surface area contributed by atoms with Crippen LogP contribution < -0.4 is 0 Å². The maximum atomic E-state index is 13.6. The van der Waals surface area contributed by atoms with Gasteiger partial charge in [-0.1, -0.05) is 75.4 Å². The van der Waals surface area contributed by atoms with Crippen molar-refractivity contribution in [2.75, 3.05) is 6.54 Å². The lowest BCUT2D eigenvalue weighted by atomic mass is 9.92. The topological polar surface area (TPSA) is 55.2 Å². The molecule has 1 aliphatic heterocycles. The third-order valence-electron chi connectivity index (χ3n) is 5.34. The van der Waals surface area contributed by atoms with E-state index >= 15 is 0 Å². The van der Waals surface area contributed by atoms with Crippen molar-refractivity contribution in [3.8, 4) is 0 Å². The van der Waals surface area contributed by atoms with Gasteiger partial charge < -0.3 is 0 Å². The highest BCUT2D eigenvalue weighted by atomic mass is 32.2. The number of sulfonamides is 1. The SMILES string of the molecule is CC(C)(C)c1nn(Cc2ccccc2)cc1S(=O)(=O)N1CCc2ccccc2C1. The summed E-state index contributed by atoms with van der Waals surface area (Å²) in [6.07, 6.45) is 2.43. The number of benzene rings is 2. The highest BCUT2D eigenvalue weighted by Gasteiger charge is 2.35. The second kappa shape index (κ2) is 7.43. The van der Waals surface area contributed by atoms with Crippen molar-refractivity contribution in [3.63, 3.8) is 0 Å². The van der Waals surface area contributed by atoms with Gasteiger partial charge in [0.05, 0.1) is 12.2 Å². The molecule has 4 rings (SSSR count). The molecule has 0 unspecified atom stereocenters. The van der Waals surface area contributed by atoms with Gasteiger partial charge in [0, 0.05) is 24.7 Å². The van der Waals surface area contributed by atoms with Crippen molar-refractivity contribution in [1.82, 2.24) is 14.1 Å². The Hall–Kier alpha value is -2.44. The fourth-order valence-electron chi connectivity index (χ4n) is 3.78. The molecule has 0 N–H and O–H groups in total. The number of hydrogen-bond acceptors (Lipinski definition) is 3. The summed E-state index contributed by atoms with van der Waals surface area (Å²) in [6, 6.07) is 18.0. The Balaban J connectivity index is 1.71. The van der Waals surface area contributed by atoms with Crippen LogP contribution in [0.15, 0.2) is 65.7 Å². The van der Waals surface area contributed by atoms with E-state index in [-0.39, 0.29) is 5.41 Å². The number of hydrogen-bond donors (Lipinski definition) is 0. The molecule has 0 bridgehead atoms. The summed E-state index contributed by atoms with van der Waals surface area (Å²) >= 11 is 0. The fraction of sp³-hybridized carbons (Fsp3) is 0.348. The molecule has 0 saturated carbocycles. The van der Waals surface area contributed by atoms with Crippen molar-refractivity contribution in [3.05, 3.63) is 83.2 Å². The monoisotopic (exact) mass is 409 g/mol. The highest BCUT2D eigenvalue weighted by Crippen LogP contribution is 2.32. The van der Waals surface area contributed by atoms with E-state index in [0.29, 0.717) is 30.2 Å². The smallest absolute Gasteiger partial charge is 0.246 e. The van der Waals surface area contributed by atoms with Gasteiger partial charge in [-0.3, -0.25) is 4.68 Å². The number of rotatable bonds is 4. The molecule has 6 heteroatoms. The van der Waals surface area contributed by atoms with Crippen molar-refractivity contribution in [1.29, 1.82) is 0 Å². The zero-order valence-corrected chi connectivity index (χ0v) is 18.0. The summed E-state index contributed by atoms with van der Waals surface area (Å²) in [7, 11) is -3.64. The molecule has 2 heterocycles. The first-order chi connectivity index (χ1) is 13.7. The quantitative estimate of drug-likeness (QED) is 0.655. The Morgan fingerprint density at radius 1 is 0.966 bits per heavy atom. The van der Waals surface area contributed by atoms with Crippen LogP contribution in [0.2, 0.25) is 0 Å². The molecule has 1 aliphatic rings. The minimum Gasteiger partial charge on any atom is -0.267 e. The van der Waals surface area contributed by atoms with Crippen molar-refractivity contribution in [2.45, 2.75) is 50.6 Å². The van der Waals surface area contributed by atoms with E-state index in [1.165, 1.54) is 5.56 Å². The van der Waals surface area contributed by atoms with E-state index in [0.717, 1.165) is 17.5 Å². The Morgan fingerprint density at radius 3 is 2.31 bits per heavy atom. The standard InChI is InChI=1S/C23H27N3O2S/c1-23(2,3)22-21(17-25(24-22)15-18-9-5-4-6-10-18)29(27,28)26-14-13-19-11-7-8-12-20(19)16-26/h4-12,17H,13-16H2,1-3H3. The molecule has 0 amide bonds. The summed E-state index contributed by atoms with van der Waals surface area (Å²) in [5.74, 6) is 0. The van der Waals surface area contributed by atoms with Gasteiger partial charge in [0.15, 0.2) is 0 Å². The fourth-order valence-corrected chi connectivity index (χ4v) is 5.54. The van der Waals surface area contributed by atoms with Crippen LogP contribution >= 0.6 is 0 Å². The van der Waals surface area contributed by atoms with Gasteiger partial charge in [0.1, 0.15) is 4.90 Å². The van der Waals surface area contributed by atoms with Crippen LogP contribution in [0.3, 0.4) is 0 Å². The normalized spacial score (nSPS) is 15.3. The molecule has 0 aliphatic carbocycles. The van der Waals surface area contributed by atoms with Crippen LogP contribution in [-0.2, 0) is 34.9 Å². The molecule has 3 aromatic rings. The molecule has 0 fully saturated rings. The van der Waals surface area contributed by atoms with E-state index < -0.39 is 10.0 Å². The molecule has 0 radical (unpaired) electrons. The number of aromatic nitrogens is 2. The third kappa shape index (κ3) is 4.00. The zero-order valence-electron chi connectivity index (χ0n) is 17.2. The summed E-state index contributed by atoms with van der Waals surface area (Å²) in [6.45, 7) is 7.47. The third-order valence-corrected chi connectivity index (χ3v) is 7.19. The predicted octanol–water partition coefficient (Wildman–Crippen LogP) is 3.98. The molecule has 2 aromatic carbocycles. The zero-order chi connectivity index (χ0) is 20.6. The second-order valence-corrected chi connectivity index (χ2v) is 10.5. The Kier molecular flexibility index (Phi) is 5.09. The first-order valence-corrected chi connectivity index (χ1v) is 11.4. The average Bonchev–Trinajstić information content (AvgIpc) is 3.13. The van der Waals surface area contributed by atoms with Crippen molar-refractivity contribution in [2.24, 2.45) is 0 Å². The lowest BCUT2D eigenvalue weighted by Crippen LogP contribution is -2.36. The van der Waals surface area contributed by atoms with E-state index in [9.17, 15) is 8.42 Å². The van der Waals surface area contributed by atoms with Crippen molar-refractivity contribution >= 4 is 10.0 Å². The molecular weight excluding hydrogens is 382 g/mol. The average molecular weight is 410 g/mol. The molecule has 0 atom stereocenters. The summed E-state index contributed by atoms with van der Waals surface area (Å²) < 4.78 is 30.5. The lowest BCUT2D eigenvalue weighted by Gasteiger charge is -2.28. The summed E-state index contributed by atoms with van der Waals surface area (Å²) in [4.78, 5) is 0.320. The van der Waals surface area contributed by atoms with Crippen LogP contribution in [0.4, 0.5) is 0 Å². The highest BCUT2D eigenvalue weighted by molar-refractivity contribution is 7.89. The van der Waals surface area contributed by atoms with Gasteiger partial charge in [0.25, 0.3) is 0 Å².